The largest absolute Gasteiger partial charge is 0.497 e. The van der Waals surface area contributed by atoms with Gasteiger partial charge in [-0.2, -0.15) is 5.10 Å². The van der Waals surface area contributed by atoms with Gasteiger partial charge in [0, 0.05) is 24.2 Å². The normalized spacial score (nSPS) is 10.6. The zero-order valence-corrected chi connectivity index (χ0v) is 12.7. The Bertz CT molecular complexity index is 665. The third-order valence-electron chi connectivity index (χ3n) is 3.28. The second-order valence-corrected chi connectivity index (χ2v) is 4.69. The minimum Gasteiger partial charge on any atom is -0.497 e. The van der Waals surface area contributed by atoms with Crippen molar-refractivity contribution in [2.75, 3.05) is 13.7 Å². The fourth-order valence-corrected chi connectivity index (χ4v) is 2.12. The average Bonchev–Trinajstić information content (AvgIpc) is 2.54. The molecule has 0 unspecified atom stereocenters. The Kier molecular flexibility index (Phi) is 5.11. The van der Waals surface area contributed by atoms with Crippen LogP contribution in [0, 0.1) is 0 Å². The van der Waals surface area contributed by atoms with Gasteiger partial charge in [0.25, 0.3) is 5.56 Å². The number of nitrogens with zero attached hydrogens (tertiary/aromatic N) is 2. The number of benzene rings is 1. The molecular weight excluding hydrogens is 266 g/mol. The lowest BCUT2D eigenvalue weighted by Gasteiger charge is -2.10. The molecule has 1 aromatic carbocycles. The molecule has 0 saturated carbocycles. The van der Waals surface area contributed by atoms with E-state index in [1.54, 1.807) is 7.11 Å². The predicted molar refractivity (Wildman–Crippen MR) is 83.5 cm³/mol. The van der Waals surface area contributed by atoms with Gasteiger partial charge in [-0.1, -0.05) is 19.1 Å². The third kappa shape index (κ3) is 3.49. The Hall–Kier alpha value is -2.14. The van der Waals surface area contributed by atoms with Gasteiger partial charge >= 0.3 is 0 Å². The smallest absolute Gasteiger partial charge is 0.271 e. The summed E-state index contributed by atoms with van der Waals surface area (Å²) in [7, 11) is 1.64. The molecule has 21 heavy (non-hydrogen) atoms. The first-order valence-corrected chi connectivity index (χ1v) is 7.15. The molecule has 0 aliphatic heterocycles. The molecule has 0 amide bonds. The monoisotopic (exact) mass is 287 g/mol. The van der Waals surface area contributed by atoms with E-state index in [0.717, 1.165) is 29.1 Å². The van der Waals surface area contributed by atoms with E-state index >= 15 is 0 Å². The highest BCUT2D eigenvalue weighted by atomic mass is 16.5. The summed E-state index contributed by atoms with van der Waals surface area (Å²) in [6.45, 7) is 5.86. The maximum Gasteiger partial charge on any atom is 0.271 e. The lowest BCUT2D eigenvalue weighted by Crippen LogP contribution is -2.29. The molecule has 112 valence electrons. The van der Waals surface area contributed by atoms with Gasteiger partial charge in [0.15, 0.2) is 0 Å². The Balaban J connectivity index is 2.49. The second kappa shape index (κ2) is 7.04. The summed E-state index contributed by atoms with van der Waals surface area (Å²) < 4.78 is 6.74. The molecule has 1 heterocycles. The Labute approximate surface area is 124 Å². The number of hydrogen-bond donors (Lipinski definition) is 1. The molecule has 0 saturated heterocycles. The number of nitrogens with one attached hydrogen (secondary N) is 1. The van der Waals surface area contributed by atoms with Crippen molar-refractivity contribution in [3.63, 3.8) is 0 Å². The molecule has 0 radical (unpaired) electrons. The molecule has 5 nitrogen and oxygen atoms in total. The quantitative estimate of drug-likeness (QED) is 0.883. The first-order valence-electron chi connectivity index (χ1n) is 7.15. The van der Waals surface area contributed by atoms with Gasteiger partial charge < -0.3 is 10.1 Å². The maximum atomic E-state index is 12.2. The predicted octanol–water partition coefficient (Wildman–Crippen LogP) is 2.05. The summed E-state index contributed by atoms with van der Waals surface area (Å²) in [4.78, 5) is 12.2. The molecule has 0 aliphatic rings. The van der Waals surface area contributed by atoms with E-state index < -0.39 is 0 Å². The lowest BCUT2D eigenvalue weighted by atomic mass is 10.1. The zero-order chi connectivity index (χ0) is 15.2. The second-order valence-electron chi connectivity index (χ2n) is 4.69. The molecule has 2 rings (SSSR count). The van der Waals surface area contributed by atoms with E-state index in [-0.39, 0.29) is 5.56 Å². The standard InChI is InChI=1S/C16H21N3O2/c1-4-17-11-13-10-15(18-19(5-2)16(13)20)12-7-6-8-14(9-12)21-3/h6-10,17H,4-5,11H2,1-3H3. The summed E-state index contributed by atoms with van der Waals surface area (Å²) in [5, 5.41) is 7.62. The van der Waals surface area contributed by atoms with Crippen molar-refractivity contribution in [2.24, 2.45) is 0 Å². The van der Waals surface area contributed by atoms with Gasteiger partial charge in [-0.3, -0.25) is 4.79 Å². The molecule has 1 aromatic heterocycles. The molecular formula is C16H21N3O2. The molecule has 0 spiro atoms. The summed E-state index contributed by atoms with van der Waals surface area (Å²) in [5.74, 6) is 0.775. The van der Waals surface area contributed by atoms with Crippen molar-refractivity contribution in [1.29, 1.82) is 0 Å². The molecule has 5 heteroatoms. The first-order chi connectivity index (χ1) is 10.2. The van der Waals surface area contributed by atoms with Crippen LogP contribution in [0.5, 0.6) is 5.75 Å². The summed E-state index contributed by atoms with van der Waals surface area (Å²) >= 11 is 0. The van der Waals surface area contributed by atoms with Crippen LogP contribution >= 0.6 is 0 Å². The summed E-state index contributed by atoms with van der Waals surface area (Å²) in [6.07, 6.45) is 0. The number of methoxy groups -OCH3 is 1. The van der Waals surface area contributed by atoms with Gasteiger partial charge in [0.1, 0.15) is 5.75 Å². The highest BCUT2D eigenvalue weighted by molar-refractivity contribution is 5.61. The van der Waals surface area contributed by atoms with E-state index in [9.17, 15) is 4.79 Å². The van der Waals surface area contributed by atoms with Crippen molar-refractivity contribution >= 4 is 0 Å². The van der Waals surface area contributed by atoms with Crippen LogP contribution in [0.4, 0.5) is 0 Å². The minimum absolute atomic E-state index is 0.0369. The van der Waals surface area contributed by atoms with Crippen LogP contribution < -0.4 is 15.6 Å². The van der Waals surface area contributed by atoms with Crippen LogP contribution in [-0.2, 0) is 13.1 Å². The van der Waals surface area contributed by atoms with Crippen LogP contribution in [0.3, 0.4) is 0 Å². The number of hydrogen-bond acceptors (Lipinski definition) is 4. The van der Waals surface area contributed by atoms with Crippen LogP contribution in [0.1, 0.15) is 19.4 Å². The first kappa shape index (κ1) is 15.3. The van der Waals surface area contributed by atoms with Crippen LogP contribution in [0.2, 0.25) is 0 Å². The Morgan fingerprint density at radius 1 is 1.29 bits per heavy atom. The Morgan fingerprint density at radius 2 is 2.10 bits per heavy atom. The van der Waals surface area contributed by atoms with E-state index in [0.29, 0.717) is 13.1 Å². The number of ether oxygens (including phenoxy) is 1. The highest BCUT2D eigenvalue weighted by Crippen LogP contribution is 2.21. The number of rotatable bonds is 6. The number of aryl methyl sites for hydroxylation is 1. The minimum atomic E-state index is -0.0369. The van der Waals surface area contributed by atoms with Crippen LogP contribution in [-0.4, -0.2) is 23.4 Å². The molecule has 1 N–H and O–H groups in total. The van der Waals surface area contributed by atoms with Crippen molar-refractivity contribution in [3.8, 4) is 17.0 Å². The molecule has 0 aliphatic carbocycles. The van der Waals surface area contributed by atoms with Gasteiger partial charge in [-0.05, 0) is 31.7 Å². The van der Waals surface area contributed by atoms with E-state index in [1.807, 2.05) is 44.2 Å². The zero-order valence-electron chi connectivity index (χ0n) is 12.7. The molecule has 0 bridgehead atoms. The van der Waals surface area contributed by atoms with Gasteiger partial charge in [0.05, 0.1) is 12.8 Å². The van der Waals surface area contributed by atoms with Crippen molar-refractivity contribution in [1.82, 2.24) is 15.1 Å². The van der Waals surface area contributed by atoms with Gasteiger partial charge in [-0.15, -0.1) is 0 Å². The summed E-state index contributed by atoms with van der Waals surface area (Å²) in [6, 6.07) is 9.54. The topological polar surface area (TPSA) is 56.1 Å². The summed E-state index contributed by atoms with van der Waals surface area (Å²) in [5.41, 5.74) is 2.41. The average molecular weight is 287 g/mol. The lowest BCUT2D eigenvalue weighted by molar-refractivity contribution is 0.415. The van der Waals surface area contributed by atoms with Gasteiger partial charge in [0.2, 0.25) is 0 Å². The third-order valence-corrected chi connectivity index (χ3v) is 3.28. The van der Waals surface area contributed by atoms with Crippen molar-refractivity contribution in [2.45, 2.75) is 26.9 Å². The van der Waals surface area contributed by atoms with Crippen molar-refractivity contribution < 1.29 is 4.74 Å². The molecule has 0 fully saturated rings. The van der Waals surface area contributed by atoms with Gasteiger partial charge in [-0.25, -0.2) is 4.68 Å². The fraction of sp³-hybridized carbons (Fsp3) is 0.375. The maximum absolute atomic E-state index is 12.2. The van der Waals surface area contributed by atoms with E-state index in [2.05, 4.69) is 10.4 Å². The highest BCUT2D eigenvalue weighted by Gasteiger charge is 2.09. The molecule has 2 aromatic rings. The molecule has 0 atom stereocenters. The number of aromatic nitrogens is 2. The van der Waals surface area contributed by atoms with Crippen LogP contribution in [0.25, 0.3) is 11.3 Å². The Morgan fingerprint density at radius 3 is 2.76 bits per heavy atom. The van der Waals surface area contributed by atoms with E-state index in [1.165, 1.54) is 4.68 Å². The fourth-order valence-electron chi connectivity index (χ4n) is 2.12. The van der Waals surface area contributed by atoms with Crippen LogP contribution in [0.15, 0.2) is 35.1 Å². The van der Waals surface area contributed by atoms with E-state index in [4.69, 9.17) is 4.74 Å². The SMILES string of the molecule is CCNCc1cc(-c2cccc(OC)c2)nn(CC)c1=O. The van der Waals surface area contributed by atoms with Crippen molar-refractivity contribution in [3.05, 3.63) is 46.2 Å².